The molecule has 3 aromatic carbocycles. The summed E-state index contributed by atoms with van der Waals surface area (Å²) in [7, 11) is 1.59. The van der Waals surface area contributed by atoms with Crippen molar-refractivity contribution in [2.24, 2.45) is 0 Å². The highest BCUT2D eigenvalue weighted by Gasteiger charge is 2.28. The molecule has 0 bridgehead atoms. The number of ether oxygens (including phenoxy) is 3. The van der Waals surface area contributed by atoms with E-state index in [0.717, 1.165) is 29.8 Å². The van der Waals surface area contributed by atoms with Gasteiger partial charge < -0.3 is 19.1 Å². The third-order valence-corrected chi connectivity index (χ3v) is 6.89. The number of nitrogens with zero attached hydrogens (tertiary/aromatic N) is 3. The van der Waals surface area contributed by atoms with Gasteiger partial charge in [-0.3, -0.25) is 4.79 Å². The van der Waals surface area contributed by atoms with E-state index in [1.54, 1.807) is 30.0 Å². The molecule has 0 radical (unpaired) electrons. The summed E-state index contributed by atoms with van der Waals surface area (Å²) in [5, 5.41) is 5.30. The van der Waals surface area contributed by atoms with E-state index in [-0.39, 0.29) is 18.6 Å². The van der Waals surface area contributed by atoms with Crippen molar-refractivity contribution in [3.05, 3.63) is 101 Å². The molecular weight excluding hydrogens is 502 g/mol. The van der Waals surface area contributed by atoms with Crippen LogP contribution < -0.4 is 9.47 Å². The lowest BCUT2D eigenvalue weighted by atomic mass is 10.1. The fourth-order valence-corrected chi connectivity index (χ4v) is 4.76. The molecule has 1 saturated heterocycles. The second-order valence-corrected chi connectivity index (χ2v) is 9.61. The molecule has 0 saturated carbocycles. The van der Waals surface area contributed by atoms with Crippen molar-refractivity contribution in [1.82, 2.24) is 14.7 Å². The molecule has 1 aliphatic heterocycles. The summed E-state index contributed by atoms with van der Waals surface area (Å²) in [6.07, 6.45) is 1.87. The van der Waals surface area contributed by atoms with Crippen LogP contribution in [0.15, 0.2) is 78.9 Å². The van der Waals surface area contributed by atoms with Crippen LogP contribution in [0.5, 0.6) is 17.4 Å². The smallest absolute Gasteiger partial charge is 0.254 e. The summed E-state index contributed by atoms with van der Waals surface area (Å²) < 4.78 is 19.5. The van der Waals surface area contributed by atoms with Crippen molar-refractivity contribution in [3.8, 4) is 23.1 Å². The molecule has 1 aromatic heterocycles. The minimum Gasteiger partial charge on any atom is -0.497 e. The summed E-state index contributed by atoms with van der Waals surface area (Å²) in [5.41, 5.74) is 2.94. The van der Waals surface area contributed by atoms with Crippen molar-refractivity contribution >= 4 is 17.5 Å². The Labute approximate surface area is 227 Å². The number of aromatic nitrogens is 2. The predicted molar refractivity (Wildman–Crippen MR) is 147 cm³/mol. The van der Waals surface area contributed by atoms with Crippen molar-refractivity contribution < 1.29 is 19.0 Å². The van der Waals surface area contributed by atoms with Crippen LogP contribution in [0, 0.1) is 6.92 Å². The SMILES string of the molecule is COc1cccc(C(=O)N(Cc2c(C)nn(-c3ccccc3)c2Oc2ccccc2Cl)C[C@H]2CCCO2)c1. The Morgan fingerprint density at radius 1 is 1.11 bits per heavy atom. The lowest BCUT2D eigenvalue weighted by Gasteiger charge is -2.26. The number of aryl methyl sites for hydroxylation is 1. The number of halogens is 1. The topological polar surface area (TPSA) is 65.8 Å². The van der Waals surface area contributed by atoms with Gasteiger partial charge in [0.15, 0.2) is 0 Å². The third kappa shape index (κ3) is 5.69. The Morgan fingerprint density at radius 3 is 2.63 bits per heavy atom. The molecular formula is C30H30ClN3O4. The fourth-order valence-electron chi connectivity index (χ4n) is 4.58. The second kappa shape index (κ2) is 11.7. The first-order valence-electron chi connectivity index (χ1n) is 12.6. The number of hydrogen-bond donors (Lipinski definition) is 0. The van der Waals surface area contributed by atoms with E-state index in [4.69, 9.17) is 30.9 Å². The van der Waals surface area contributed by atoms with Gasteiger partial charge in [-0.1, -0.05) is 48.0 Å². The molecule has 1 amide bonds. The number of rotatable bonds is 9. The van der Waals surface area contributed by atoms with Gasteiger partial charge in [0.2, 0.25) is 5.88 Å². The minimum absolute atomic E-state index is 0.0260. The van der Waals surface area contributed by atoms with E-state index in [1.165, 1.54) is 0 Å². The van der Waals surface area contributed by atoms with Gasteiger partial charge in [-0.2, -0.15) is 5.10 Å². The number of amides is 1. The van der Waals surface area contributed by atoms with Gasteiger partial charge in [0.25, 0.3) is 5.91 Å². The van der Waals surface area contributed by atoms with Gasteiger partial charge in [-0.25, -0.2) is 4.68 Å². The van der Waals surface area contributed by atoms with Gasteiger partial charge in [0.05, 0.1) is 41.7 Å². The summed E-state index contributed by atoms with van der Waals surface area (Å²) >= 11 is 6.46. The Bertz CT molecular complexity index is 1400. The standard InChI is InChI=1S/C30H30ClN3O4/c1-21-26(20-33(19-25-14-9-17-37-25)29(35)22-10-8-13-24(18-22)36-2)30(38-28-16-7-6-15-27(28)31)34(32-21)23-11-4-3-5-12-23/h3-8,10-13,15-16,18,25H,9,14,17,19-20H2,1-2H3/t25-/m1/s1. The molecule has 1 atom stereocenters. The van der Waals surface area contributed by atoms with E-state index in [1.807, 2.05) is 72.5 Å². The van der Waals surface area contributed by atoms with Crippen LogP contribution in [0.2, 0.25) is 5.02 Å². The minimum atomic E-state index is -0.116. The Morgan fingerprint density at radius 2 is 1.89 bits per heavy atom. The molecule has 0 spiro atoms. The molecule has 7 nitrogen and oxygen atoms in total. The molecule has 1 fully saturated rings. The van der Waals surface area contributed by atoms with Crippen LogP contribution in [-0.4, -0.2) is 47.0 Å². The van der Waals surface area contributed by atoms with E-state index in [9.17, 15) is 4.79 Å². The van der Waals surface area contributed by atoms with Crippen molar-refractivity contribution in [3.63, 3.8) is 0 Å². The van der Waals surface area contributed by atoms with Gasteiger partial charge >= 0.3 is 0 Å². The van der Waals surface area contributed by atoms with Crippen LogP contribution in [0.1, 0.15) is 34.5 Å². The predicted octanol–water partition coefficient (Wildman–Crippen LogP) is 6.46. The Kier molecular flexibility index (Phi) is 7.96. The molecule has 8 heteroatoms. The first-order chi connectivity index (χ1) is 18.5. The third-order valence-electron chi connectivity index (χ3n) is 6.58. The fraction of sp³-hybridized carbons (Fsp3) is 0.267. The maximum absolute atomic E-state index is 13.8. The zero-order chi connectivity index (χ0) is 26.5. The van der Waals surface area contributed by atoms with E-state index < -0.39 is 0 Å². The highest BCUT2D eigenvalue weighted by Crippen LogP contribution is 2.35. The largest absolute Gasteiger partial charge is 0.497 e. The molecule has 1 aliphatic rings. The zero-order valence-electron chi connectivity index (χ0n) is 21.5. The molecule has 196 valence electrons. The Balaban J connectivity index is 1.56. The van der Waals surface area contributed by atoms with Crippen molar-refractivity contribution in [2.75, 3.05) is 20.3 Å². The van der Waals surface area contributed by atoms with Gasteiger partial charge in [0, 0.05) is 18.7 Å². The summed E-state index contributed by atoms with van der Waals surface area (Å²) in [6.45, 7) is 3.37. The molecule has 0 aliphatic carbocycles. The number of carbonyl (C=O) groups is 1. The van der Waals surface area contributed by atoms with E-state index in [0.29, 0.717) is 41.1 Å². The first-order valence-corrected chi connectivity index (χ1v) is 13.0. The highest BCUT2D eigenvalue weighted by atomic mass is 35.5. The molecule has 0 unspecified atom stereocenters. The summed E-state index contributed by atoms with van der Waals surface area (Å²) in [5.74, 6) is 1.54. The molecule has 2 heterocycles. The number of para-hydroxylation sites is 2. The van der Waals surface area contributed by atoms with E-state index >= 15 is 0 Å². The molecule has 0 N–H and O–H groups in total. The number of methoxy groups -OCH3 is 1. The van der Waals surface area contributed by atoms with E-state index in [2.05, 4.69) is 0 Å². The maximum atomic E-state index is 13.8. The Hall–Kier alpha value is -3.81. The van der Waals surface area contributed by atoms with Crippen molar-refractivity contribution in [2.45, 2.75) is 32.4 Å². The first kappa shape index (κ1) is 25.8. The quantitative estimate of drug-likeness (QED) is 0.248. The number of benzene rings is 3. The van der Waals surface area contributed by atoms with Crippen LogP contribution in [0.3, 0.4) is 0 Å². The average molecular weight is 532 g/mol. The summed E-state index contributed by atoms with van der Waals surface area (Å²) in [6, 6.07) is 24.3. The van der Waals surface area contributed by atoms with Gasteiger partial charge in [0.1, 0.15) is 11.5 Å². The van der Waals surface area contributed by atoms with Crippen molar-refractivity contribution in [1.29, 1.82) is 0 Å². The van der Waals surface area contributed by atoms with Crippen LogP contribution in [-0.2, 0) is 11.3 Å². The zero-order valence-corrected chi connectivity index (χ0v) is 22.2. The van der Waals surface area contributed by atoms with Gasteiger partial charge in [-0.05, 0) is 62.2 Å². The monoisotopic (exact) mass is 531 g/mol. The normalized spacial score (nSPS) is 14.9. The second-order valence-electron chi connectivity index (χ2n) is 9.20. The number of carbonyl (C=O) groups excluding carboxylic acids is 1. The number of hydrogen-bond acceptors (Lipinski definition) is 5. The highest BCUT2D eigenvalue weighted by molar-refractivity contribution is 6.32. The van der Waals surface area contributed by atoms with Crippen LogP contribution in [0.4, 0.5) is 0 Å². The average Bonchev–Trinajstić information content (AvgIpc) is 3.57. The molecule has 5 rings (SSSR count). The maximum Gasteiger partial charge on any atom is 0.254 e. The lowest BCUT2D eigenvalue weighted by Crippen LogP contribution is -2.37. The van der Waals surface area contributed by atoms with Gasteiger partial charge in [-0.15, -0.1) is 0 Å². The van der Waals surface area contributed by atoms with Crippen LogP contribution in [0.25, 0.3) is 5.69 Å². The molecule has 4 aromatic rings. The summed E-state index contributed by atoms with van der Waals surface area (Å²) in [4.78, 5) is 15.7. The lowest BCUT2D eigenvalue weighted by molar-refractivity contribution is 0.0505. The molecule has 38 heavy (non-hydrogen) atoms. The van der Waals surface area contributed by atoms with Crippen LogP contribution >= 0.6 is 11.6 Å².